The third kappa shape index (κ3) is 17.7. The van der Waals surface area contributed by atoms with Crippen LogP contribution in [0.2, 0.25) is 0 Å². The van der Waals surface area contributed by atoms with Crippen molar-refractivity contribution in [1.29, 1.82) is 0 Å². The van der Waals surface area contributed by atoms with Crippen LogP contribution >= 0.6 is 0 Å². The van der Waals surface area contributed by atoms with Gasteiger partial charge in [-0.2, -0.15) is 8.42 Å². The summed E-state index contributed by atoms with van der Waals surface area (Å²) in [5, 5.41) is 0. The van der Waals surface area contributed by atoms with Crippen LogP contribution < -0.4 is 0 Å². The van der Waals surface area contributed by atoms with E-state index >= 15 is 0 Å². The maximum Gasteiger partial charge on any atom is 0.264 e. The summed E-state index contributed by atoms with van der Waals surface area (Å²) in [6.45, 7) is 1.69. The van der Waals surface area contributed by atoms with E-state index in [0.717, 1.165) is 0 Å². The predicted octanol–water partition coefficient (Wildman–Crippen LogP) is 0.0559. The largest absolute Gasteiger partial charge is 0.286 e. The first-order chi connectivity index (χ1) is 3.06. The molecule has 6 heteroatoms. The Bertz CT molecular complexity index is 132. The molecule has 0 aliphatic heterocycles. The fraction of sp³-hybridized carbons (Fsp3) is 1.00. The Morgan fingerprint density at radius 3 is 1.78 bits per heavy atom. The van der Waals surface area contributed by atoms with Gasteiger partial charge in [0.25, 0.3) is 10.1 Å². The van der Waals surface area contributed by atoms with Crippen molar-refractivity contribution in [2.45, 2.75) is 13.3 Å². The van der Waals surface area contributed by atoms with Gasteiger partial charge in [0.05, 0.1) is 5.75 Å². The Morgan fingerprint density at radius 1 is 1.44 bits per heavy atom. The molecule has 0 atom stereocenters. The molecular formula is C3H9FNaO3S. The van der Waals surface area contributed by atoms with Crippen LogP contribution in [0.1, 0.15) is 13.3 Å². The van der Waals surface area contributed by atoms with Crippen LogP contribution in [-0.2, 0) is 10.1 Å². The van der Waals surface area contributed by atoms with Gasteiger partial charge < -0.3 is 0 Å². The quantitative estimate of drug-likeness (QED) is 0.467. The second-order valence-corrected chi connectivity index (χ2v) is 2.86. The molecule has 1 N–H and O–H groups in total. The van der Waals surface area contributed by atoms with Crippen molar-refractivity contribution >= 4 is 39.7 Å². The Balaban J connectivity index is -0.000000180. The van der Waals surface area contributed by atoms with Crippen LogP contribution in [0.4, 0.5) is 4.70 Å². The van der Waals surface area contributed by atoms with E-state index in [1.165, 1.54) is 0 Å². The predicted molar refractivity (Wildman–Crippen MR) is 35.0 cm³/mol. The van der Waals surface area contributed by atoms with Crippen molar-refractivity contribution in [3.05, 3.63) is 0 Å². The Hall–Kier alpha value is 0.840. The molecule has 0 rings (SSSR count). The molecule has 0 aromatic heterocycles. The summed E-state index contributed by atoms with van der Waals surface area (Å²) in [4.78, 5) is 0. The van der Waals surface area contributed by atoms with E-state index in [9.17, 15) is 8.42 Å². The van der Waals surface area contributed by atoms with E-state index in [-0.39, 0.29) is 40.0 Å². The van der Waals surface area contributed by atoms with E-state index < -0.39 is 10.1 Å². The second kappa shape index (κ2) is 6.95. The van der Waals surface area contributed by atoms with Crippen LogP contribution in [0.15, 0.2) is 0 Å². The van der Waals surface area contributed by atoms with Gasteiger partial charge in [0.15, 0.2) is 0 Å². The van der Waals surface area contributed by atoms with E-state index in [2.05, 4.69) is 0 Å². The summed E-state index contributed by atoms with van der Waals surface area (Å²) in [6.07, 6.45) is 0.471. The molecule has 0 aromatic rings. The maximum atomic E-state index is 9.79. The van der Waals surface area contributed by atoms with Gasteiger partial charge in [-0.1, -0.05) is 6.92 Å². The first-order valence-electron chi connectivity index (χ1n) is 2.01. The fourth-order valence-electron chi connectivity index (χ4n) is 0.258. The normalized spacial score (nSPS) is 9.11. The minimum absolute atomic E-state index is 0. The molecule has 0 fully saturated rings. The zero-order valence-electron chi connectivity index (χ0n) is 5.49. The zero-order chi connectivity index (χ0) is 5.91. The molecule has 3 nitrogen and oxygen atoms in total. The number of halogens is 1. The molecule has 0 spiro atoms. The summed E-state index contributed by atoms with van der Waals surface area (Å²) in [5.74, 6) is -0.132. The summed E-state index contributed by atoms with van der Waals surface area (Å²) in [7, 11) is -3.67. The van der Waals surface area contributed by atoms with Gasteiger partial charge in [-0.05, 0) is 6.42 Å². The second-order valence-electron chi connectivity index (χ2n) is 1.29. The molecule has 1 radical (unpaired) electrons. The molecule has 0 unspecified atom stereocenters. The Morgan fingerprint density at radius 2 is 1.78 bits per heavy atom. The van der Waals surface area contributed by atoms with Crippen molar-refractivity contribution < 1.29 is 17.7 Å². The van der Waals surface area contributed by atoms with Gasteiger partial charge in [-0.3, -0.25) is 9.26 Å². The van der Waals surface area contributed by atoms with Gasteiger partial charge >= 0.3 is 0 Å². The van der Waals surface area contributed by atoms with Gasteiger partial charge in [-0.15, -0.1) is 0 Å². The molecule has 0 bridgehead atoms. The van der Waals surface area contributed by atoms with Gasteiger partial charge in [0, 0.05) is 29.6 Å². The molecule has 9 heavy (non-hydrogen) atoms. The summed E-state index contributed by atoms with van der Waals surface area (Å²) in [5.41, 5.74) is 0. The molecule has 0 saturated carbocycles. The standard InChI is InChI=1S/C3H8O3S.FH.Na/c1-2-3-7(4,5)6;;/h2-3H2,1H3,(H,4,5,6);1H;. The van der Waals surface area contributed by atoms with Crippen LogP contribution in [0.5, 0.6) is 0 Å². The summed E-state index contributed by atoms with van der Waals surface area (Å²) >= 11 is 0. The SMILES string of the molecule is CCCS(=O)(=O)O.F.[Na]. The molecule has 0 aliphatic rings. The van der Waals surface area contributed by atoms with Crippen LogP contribution in [0.25, 0.3) is 0 Å². The van der Waals surface area contributed by atoms with Gasteiger partial charge in [0.2, 0.25) is 0 Å². The molecule has 53 valence electrons. The number of hydrogen-bond donors (Lipinski definition) is 1. The van der Waals surface area contributed by atoms with Crippen molar-refractivity contribution in [3.63, 3.8) is 0 Å². The van der Waals surface area contributed by atoms with Crippen molar-refractivity contribution in [3.8, 4) is 0 Å². The number of rotatable bonds is 2. The van der Waals surface area contributed by atoms with E-state index in [1.807, 2.05) is 0 Å². The van der Waals surface area contributed by atoms with Gasteiger partial charge in [-0.25, -0.2) is 0 Å². The number of hydrogen-bond acceptors (Lipinski definition) is 2. The molecule has 0 amide bonds. The summed E-state index contributed by atoms with van der Waals surface area (Å²) in [6, 6.07) is 0. The molecule has 0 aromatic carbocycles. The summed E-state index contributed by atoms with van der Waals surface area (Å²) < 4.78 is 27.6. The Labute approximate surface area is 76.2 Å². The first kappa shape index (κ1) is 16.4. The third-order valence-corrected chi connectivity index (χ3v) is 1.39. The van der Waals surface area contributed by atoms with Crippen LogP contribution in [0.3, 0.4) is 0 Å². The maximum absolute atomic E-state index is 9.79. The topological polar surface area (TPSA) is 54.4 Å². The molecule has 0 saturated heterocycles. The van der Waals surface area contributed by atoms with E-state index in [0.29, 0.717) is 6.42 Å². The molecular weight excluding hydrogens is 158 g/mol. The average Bonchev–Trinajstić information content (AvgIpc) is 1.30. The molecule has 0 heterocycles. The smallest absolute Gasteiger partial charge is 0.264 e. The van der Waals surface area contributed by atoms with Crippen LogP contribution in [-0.4, -0.2) is 48.3 Å². The minimum Gasteiger partial charge on any atom is -0.286 e. The van der Waals surface area contributed by atoms with Crippen molar-refractivity contribution in [2.75, 3.05) is 5.75 Å². The van der Waals surface area contributed by atoms with Gasteiger partial charge in [0.1, 0.15) is 0 Å². The van der Waals surface area contributed by atoms with E-state index in [4.69, 9.17) is 4.55 Å². The van der Waals surface area contributed by atoms with Crippen LogP contribution in [0, 0.1) is 0 Å². The van der Waals surface area contributed by atoms with Crippen molar-refractivity contribution in [1.82, 2.24) is 0 Å². The zero-order valence-corrected chi connectivity index (χ0v) is 8.31. The molecule has 0 aliphatic carbocycles. The first-order valence-corrected chi connectivity index (χ1v) is 3.62. The fourth-order valence-corrected chi connectivity index (χ4v) is 0.774. The van der Waals surface area contributed by atoms with Crippen molar-refractivity contribution in [2.24, 2.45) is 0 Å². The Kier molecular flexibility index (Phi) is 12.7. The monoisotopic (exact) mass is 167 g/mol. The third-order valence-electron chi connectivity index (χ3n) is 0.462. The minimum atomic E-state index is -3.67. The average molecular weight is 167 g/mol. The van der Waals surface area contributed by atoms with E-state index in [1.54, 1.807) is 6.92 Å².